The largest absolute Gasteiger partial charge is 0.514 e. The lowest BCUT2D eigenvalue weighted by Crippen LogP contribution is -2.43. The molecule has 1 aliphatic heterocycles. The van der Waals surface area contributed by atoms with Crippen molar-refractivity contribution in [2.75, 3.05) is 24.5 Å². The van der Waals surface area contributed by atoms with Gasteiger partial charge in [0.05, 0.1) is 5.56 Å². The molecule has 2 aromatic heterocycles. The molecule has 0 unspecified atom stereocenters. The number of rotatable bonds is 7. The molecule has 0 amide bonds. The SMILES string of the molecule is BC(B)(B)Oc1cc(F)c2nc(N3CCC(NCC4CC4)CC3)c(-c3nc(C)no3)c(C)c2c1. The quantitative estimate of drug-likeness (QED) is 0.525. The number of ether oxygens (including phenoxy) is 1. The van der Waals surface area contributed by atoms with Gasteiger partial charge >= 0.3 is 0 Å². The van der Waals surface area contributed by atoms with Crippen LogP contribution in [0.25, 0.3) is 22.4 Å². The standard InChI is InChI=1S/C23H31B3FN5O2/c1-12-17-9-16(33-23(24,25)26)10-18(27)20(17)30-21(19(12)22-29-13(2)31-34-22)32-7-5-15(6-8-32)28-11-14-3-4-14/h9-10,14-15,28H,3-8,11,24-26H2,1-2H3. The van der Waals surface area contributed by atoms with Gasteiger partial charge in [0.15, 0.2) is 11.6 Å². The van der Waals surface area contributed by atoms with Crippen LogP contribution in [-0.4, -0.2) is 69.6 Å². The van der Waals surface area contributed by atoms with Crippen LogP contribution < -0.4 is 15.0 Å². The van der Waals surface area contributed by atoms with E-state index in [0.29, 0.717) is 40.2 Å². The molecular formula is C23H31B3FN5O2. The first kappa shape index (κ1) is 23.2. The molecule has 0 atom stereocenters. The zero-order valence-corrected chi connectivity index (χ0v) is 20.7. The van der Waals surface area contributed by atoms with E-state index >= 15 is 4.39 Å². The second kappa shape index (κ2) is 8.91. The summed E-state index contributed by atoms with van der Waals surface area (Å²) < 4.78 is 26.9. The van der Waals surface area contributed by atoms with Gasteiger partial charge in [-0.15, -0.1) is 0 Å². The number of hydrogen-bond donors (Lipinski definition) is 1. The van der Waals surface area contributed by atoms with Gasteiger partial charge in [-0.2, -0.15) is 4.98 Å². The van der Waals surface area contributed by atoms with E-state index in [1.54, 1.807) is 6.92 Å². The highest BCUT2D eigenvalue weighted by atomic mass is 19.1. The minimum Gasteiger partial charge on any atom is -0.514 e. The van der Waals surface area contributed by atoms with Crippen LogP contribution >= 0.6 is 0 Å². The smallest absolute Gasteiger partial charge is 0.261 e. The highest BCUT2D eigenvalue weighted by Gasteiger charge is 2.29. The molecule has 0 radical (unpaired) electrons. The maximum atomic E-state index is 15.3. The Morgan fingerprint density at radius 3 is 2.50 bits per heavy atom. The van der Waals surface area contributed by atoms with E-state index in [0.717, 1.165) is 49.5 Å². The number of anilines is 1. The highest BCUT2D eigenvalue weighted by molar-refractivity contribution is 6.58. The summed E-state index contributed by atoms with van der Waals surface area (Å²) in [5.41, 5.74) is 1.96. The molecule has 2 fully saturated rings. The molecular weight excluding hydrogens is 430 g/mol. The summed E-state index contributed by atoms with van der Waals surface area (Å²) in [6.07, 6.45) is 4.75. The first-order chi connectivity index (χ1) is 16.2. The lowest BCUT2D eigenvalue weighted by Gasteiger charge is -2.34. The lowest BCUT2D eigenvalue weighted by molar-refractivity contribution is 0.317. The molecule has 5 rings (SSSR count). The molecule has 11 heteroatoms. The Kier molecular flexibility index (Phi) is 6.08. The van der Waals surface area contributed by atoms with Gasteiger partial charge in [-0.05, 0) is 63.6 Å². The number of nitrogens with one attached hydrogen (secondary N) is 1. The van der Waals surface area contributed by atoms with Crippen molar-refractivity contribution < 1.29 is 13.7 Å². The Hall–Kier alpha value is -2.55. The molecule has 0 spiro atoms. The minimum absolute atomic E-state index is 0.336. The predicted molar refractivity (Wildman–Crippen MR) is 139 cm³/mol. The van der Waals surface area contributed by atoms with E-state index in [9.17, 15) is 0 Å². The van der Waals surface area contributed by atoms with Crippen LogP contribution in [0.3, 0.4) is 0 Å². The van der Waals surface area contributed by atoms with Crippen molar-refractivity contribution in [2.45, 2.75) is 50.9 Å². The molecule has 2 aliphatic rings. The number of benzene rings is 1. The molecule has 0 bridgehead atoms. The molecule has 1 N–H and O–H groups in total. The number of pyridine rings is 1. The lowest BCUT2D eigenvalue weighted by atomic mass is 9.52. The van der Waals surface area contributed by atoms with Crippen LogP contribution in [0.15, 0.2) is 16.7 Å². The Labute approximate surface area is 202 Å². The Bertz CT molecular complexity index is 1200. The van der Waals surface area contributed by atoms with Crippen LogP contribution in [0.4, 0.5) is 10.2 Å². The van der Waals surface area contributed by atoms with Gasteiger partial charge in [-0.1, -0.05) is 5.16 Å². The van der Waals surface area contributed by atoms with E-state index in [2.05, 4.69) is 20.4 Å². The van der Waals surface area contributed by atoms with Gasteiger partial charge in [-0.25, -0.2) is 9.37 Å². The summed E-state index contributed by atoms with van der Waals surface area (Å²) in [7, 11) is 5.83. The monoisotopic (exact) mass is 461 g/mol. The van der Waals surface area contributed by atoms with Gasteiger partial charge < -0.3 is 19.5 Å². The van der Waals surface area contributed by atoms with Crippen molar-refractivity contribution in [3.05, 3.63) is 29.3 Å². The minimum atomic E-state index is -0.439. The van der Waals surface area contributed by atoms with Crippen LogP contribution in [0.1, 0.15) is 37.1 Å². The summed E-state index contributed by atoms with van der Waals surface area (Å²) in [5, 5.41) is 7.97. The molecule has 1 aliphatic carbocycles. The van der Waals surface area contributed by atoms with Crippen molar-refractivity contribution in [1.29, 1.82) is 0 Å². The first-order valence-electron chi connectivity index (χ1n) is 12.3. The zero-order valence-electron chi connectivity index (χ0n) is 20.7. The Balaban J connectivity index is 1.53. The fourth-order valence-electron chi connectivity index (χ4n) is 4.68. The predicted octanol–water partition coefficient (Wildman–Crippen LogP) is 0.899. The fraction of sp³-hybridized carbons (Fsp3) is 0.522. The third kappa shape index (κ3) is 4.94. The number of piperidine rings is 1. The number of aryl methyl sites for hydroxylation is 2. The van der Waals surface area contributed by atoms with Gasteiger partial charge in [0.2, 0.25) is 0 Å². The topological polar surface area (TPSA) is 76.3 Å². The molecule has 7 nitrogen and oxygen atoms in total. The average Bonchev–Trinajstić information content (AvgIpc) is 3.51. The summed E-state index contributed by atoms with van der Waals surface area (Å²) >= 11 is 0. The molecule has 3 heterocycles. The second-order valence-corrected chi connectivity index (χ2v) is 10.7. The molecule has 176 valence electrons. The van der Waals surface area contributed by atoms with E-state index in [1.165, 1.54) is 18.9 Å². The van der Waals surface area contributed by atoms with Crippen LogP contribution in [-0.2, 0) is 0 Å². The van der Waals surface area contributed by atoms with Gasteiger partial charge in [0.1, 0.15) is 40.6 Å². The number of aromatic nitrogens is 3. The molecule has 1 saturated heterocycles. The van der Waals surface area contributed by atoms with E-state index in [-0.39, 0.29) is 0 Å². The number of halogens is 1. The number of fused-ring (bicyclic) bond motifs is 1. The zero-order chi connectivity index (χ0) is 24.0. The maximum absolute atomic E-state index is 15.3. The Morgan fingerprint density at radius 2 is 1.88 bits per heavy atom. The third-order valence-corrected chi connectivity index (χ3v) is 6.61. The number of hydrogen-bond acceptors (Lipinski definition) is 7. The van der Waals surface area contributed by atoms with Crippen LogP contribution in [0.2, 0.25) is 0 Å². The Morgan fingerprint density at radius 1 is 1.15 bits per heavy atom. The highest BCUT2D eigenvalue weighted by Crippen LogP contribution is 2.39. The van der Waals surface area contributed by atoms with E-state index in [4.69, 9.17) is 14.2 Å². The van der Waals surface area contributed by atoms with Gasteiger partial charge in [0, 0.05) is 35.9 Å². The van der Waals surface area contributed by atoms with Crippen molar-refractivity contribution in [1.82, 2.24) is 20.4 Å². The first-order valence-corrected chi connectivity index (χ1v) is 12.3. The molecule has 34 heavy (non-hydrogen) atoms. The molecule has 1 aromatic carbocycles. The van der Waals surface area contributed by atoms with E-state index < -0.39 is 11.1 Å². The number of nitrogens with zero attached hydrogens (tertiary/aromatic N) is 4. The summed E-state index contributed by atoms with van der Waals surface area (Å²) in [4.78, 5) is 11.6. The van der Waals surface area contributed by atoms with Gasteiger partial charge in [0.25, 0.3) is 5.89 Å². The van der Waals surface area contributed by atoms with Crippen LogP contribution in [0.5, 0.6) is 5.75 Å². The van der Waals surface area contributed by atoms with Crippen LogP contribution in [0, 0.1) is 25.6 Å². The average molecular weight is 461 g/mol. The third-order valence-electron chi connectivity index (χ3n) is 6.61. The van der Waals surface area contributed by atoms with Crippen molar-refractivity contribution in [2.24, 2.45) is 5.92 Å². The maximum Gasteiger partial charge on any atom is 0.261 e. The van der Waals surface area contributed by atoms with Crippen molar-refractivity contribution >= 4 is 40.3 Å². The molecule has 1 saturated carbocycles. The van der Waals surface area contributed by atoms with Crippen molar-refractivity contribution in [3.63, 3.8) is 0 Å². The van der Waals surface area contributed by atoms with Crippen molar-refractivity contribution in [3.8, 4) is 17.2 Å². The van der Waals surface area contributed by atoms with E-state index in [1.807, 2.05) is 36.5 Å². The summed E-state index contributed by atoms with van der Waals surface area (Å²) in [5.74, 6) is 2.62. The summed E-state index contributed by atoms with van der Waals surface area (Å²) in [6.45, 7) is 6.56. The van der Waals surface area contributed by atoms with Gasteiger partial charge in [-0.3, -0.25) is 0 Å². The molecule has 3 aromatic rings. The summed E-state index contributed by atoms with van der Waals surface area (Å²) in [6, 6.07) is 3.80. The fourth-order valence-corrected chi connectivity index (χ4v) is 4.68. The normalized spacial score (nSPS) is 17.4. The second-order valence-electron chi connectivity index (χ2n) is 10.7.